The number of allylic oxidation sites excluding steroid dienone is 2. The number of hydrogen-bond acceptors (Lipinski definition) is 5. The Morgan fingerprint density at radius 1 is 1.16 bits per heavy atom. The summed E-state index contributed by atoms with van der Waals surface area (Å²) < 4.78 is -0.470. The van der Waals surface area contributed by atoms with E-state index < -0.39 is 4.75 Å². The largest absolute Gasteiger partial charge is 0.342 e. The maximum atomic E-state index is 13.3. The van der Waals surface area contributed by atoms with Crippen LogP contribution < -0.4 is 10.6 Å². The van der Waals surface area contributed by atoms with Crippen molar-refractivity contribution in [3.63, 3.8) is 0 Å². The van der Waals surface area contributed by atoms with Crippen LogP contribution in [-0.2, 0) is 4.79 Å². The molecule has 5 nitrogen and oxygen atoms in total. The minimum atomic E-state index is -0.470. The van der Waals surface area contributed by atoms with E-state index in [9.17, 15) is 4.79 Å². The van der Waals surface area contributed by atoms with Gasteiger partial charge in [0.2, 0.25) is 5.91 Å². The Bertz CT molecular complexity index is 863. The maximum absolute atomic E-state index is 13.3. The summed E-state index contributed by atoms with van der Waals surface area (Å²) in [5.74, 6) is 0.0412. The van der Waals surface area contributed by atoms with Gasteiger partial charge in [0.1, 0.15) is 6.54 Å². The van der Waals surface area contributed by atoms with Gasteiger partial charge in [0, 0.05) is 26.2 Å². The van der Waals surface area contributed by atoms with E-state index in [-0.39, 0.29) is 17.3 Å². The van der Waals surface area contributed by atoms with Gasteiger partial charge in [-0.25, -0.2) is 0 Å². The first-order chi connectivity index (χ1) is 15.2. The van der Waals surface area contributed by atoms with E-state index in [0.29, 0.717) is 0 Å². The van der Waals surface area contributed by atoms with Crippen LogP contribution in [0.5, 0.6) is 0 Å². The standard InChI is InChI=1S/C25H32N4OS/c26-15-16-28-23(30)24(11-5-2-6-12-24)31-25(29-19-17-27-18-20-29)13-9-22(10-14-25)21-7-3-1-4-8-21/h1,3-4,7-10,13,27H,2,5-6,11-12,14,16-20H2,(H,28,30). The van der Waals surface area contributed by atoms with Gasteiger partial charge in [0.15, 0.2) is 0 Å². The molecule has 1 heterocycles. The zero-order chi connectivity index (χ0) is 21.6. The first kappa shape index (κ1) is 22.1. The lowest BCUT2D eigenvalue weighted by molar-refractivity contribution is -0.124. The van der Waals surface area contributed by atoms with E-state index in [1.54, 1.807) is 0 Å². The molecule has 2 fully saturated rings. The lowest BCUT2D eigenvalue weighted by Crippen LogP contribution is -2.57. The Balaban J connectivity index is 1.64. The number of hydrogen-bond donors (Lipinski definition) is 2. The summed E-state index contributed by atoms with van der Waals surface area (Å²) in [5, 5.41) is 15.4. The van der Waals surface area contributed by atoms with Crippen LogP contribution in [0.3, 0.4) is 0 Å². The lowest BCUT2D eigenvalue weighted by Gasteiger charge is -2.49. The van der Waals surface area contributed by atoms with Crippen LogP contribution in [0.4, 0.5) is 0 Å². The summed E-state index contributed by atoms with van der Waals surface area (Å²) in [5.41, 5.74) is 2.48. The zero-order valence-corrected chi connectivity index (χ0v) is 18.9. The van der Waals surface area contributed by atoms with Gasteiger partial charge in [-0.05, 0) is 30.4 Å². The number of piperazine rings is 1. The molecule has 0 bridgehead atoms. The minimum Gasteiger partial charge on any atom is -0.342 e. The van der Waals surface area contributed by atoms with Crippen molar-refractivity contribution >= 4 is 23.2 Å². The Kier molecular flexibility index (Phi) is 7.16. The van der Waals surface area contributed by atoms with E-state index in [4.69, 9.17) is 5.26 Å². The first-order valence-electron chi connectivity index (χ1n) is 11.4. The third kappa shape index (κ3) is 4.90. The number of thioether (sulfide) groups is 1. The molecule has 0 radical (unpaired) electrons. The number of carbonyl (C=O) groups is 1. The number of nitrogens with one attached hydrogen (secondary N) is 2. The fourth-order valence-corrected chi connectivity index (χ4v) is 6.94. The number of carbonyl (C=O) groups excluding carboxylic acids is 1. The summed E-state index contributed by atoms with van der Waals surface area (Å²) in [6.45, 7) is 3.97. The molecule has 1 amide bonds. The van der Waals surface area contributed by atoms with Crippen LogP contribution >= 0.6 is 11.8 Å². The van der Waals surface area contributed by atoms with E-state index >= 15 is 0 Å². The fourth-order valence-electron chi connectivity index (χ4n) is 4.99. The molecule has 3 aliphatic rings. The second-order valence-corrected chi connectivity index (χ2v) is 10.3. The monoisotopic (exact) mass is 436 g/mol. The molecular weight excluding hydrogens is 404 g/mol. The van der Waals surface area contributed by atoms with Crippen molar-refractivity contribution in [2.45, 2.75) is 48.1 Å². The Morgan fingerprint density at radius 3 is 2.55 bits per heavy atom. The molecule has 1 aromatic carbocycles. The summed E-state index contributed by atoms with van der Waals surface area (Å²) in [4.78, 5) is 15.6. The lowest BCUT2D eigenvalue weighted by atomic mass is 9.87. The number of amides is 1. The molecule has 4 rings (SSSR count). The molecule has 164 valence electrons. The van der Waals surface area contributed by atoms with Crippen molar-refractivity contribution in [2.24, 2.45) is 0 Å². The molecule has 2 aliphatic carbocycles. The topological polar surface area (TPSA) is 68.2 Å². The van der Waals surface area contributed by atoms with Gasteiger partial charge in [0.05, 0.1) is 15.7 Å². The molecule has 2 N–H and O–H groups in total. The van der Waals surface area contributed by atoms with E-state index in [1.165, 1.54) is 17.6 Å². The average molecular weight is 437 g/mol. The van der Waals surface area contributed by atoms with Gasteiger partial charge in [-0.2, -0.15) is 5.26 Å². The second kappa shape index (κ2) is 10.0. The van der Waals surface area contributed by atoms with E-state index in [1.807, 2.05) is 17.8 Å². The SMILES string of the molecule is N#CCNC(=O)C1(SC2(N3CCNCC3)C=CC(c3ccccc3)=CC2)CCCCC1. The third-order valence-electron chi connectivity index (χ3n) is 6.67. The number of rotatable bonds is 6. The molecule has 1 aliphatic heterocycles. The third-order valence-corrected chi connectivity index (χ3v) is 8.57. The Labute approximate surface area is 190 Å². The van der Waals surface area contributed by atoms with Crippen LogP contribution in [0.25, 0.3) is 5.57 Å². The molecule has 6 heteroatoms. The summed E-state index contributed by atoms with van der Waals surface area (Å²) in [6.07, 6.45) is 12.9. The molecule has 1 saturated heterocycles. The van der Waals surface area contributed by atoms with Crippen molar-refractivity contribution in [1.29, 1.82) is 5.26 Å². The van der Waals surface area contributed by atoms with Gasteiger partial charge in [-0.15, -0.1) is 11.8 Å². The summed E-state index contributed by atoms with van der Waals surface area (Å²) in [6, 6.07) is 12.6. The number of benzene rings is 1. The summed E-state index contributed by atoms with van der Waals surface area (Å²) in [7, 11) is 0. The van der Waals surface area contributed by atoms with Gasteiger partial charge in [0.25, 0.3) is 0 Å². The minimum absolute atomic E-state index is 0.0412. The van der Waals surface area contributed by atoms with Crippen molar-refractivity contribution in [2.75, 3.05) is 32.7 Å². The van der Waals surface area contributed by atoms with Gasteiger partial charge in [-0.1, -0.05) is 67.8 Å². The van der Waals surface area contributed by atoms with Crippen LogP contribution in [0.15, 0.2) is 48.6 Å². The Hall–Kier alpha value is -2.07. The highest BCUT2D eigenvalue weighted by molar-refractivity contribution is 8.02. The van der Waals surface area contributed by atoms with Crippen molar-refractivity contribution in [1.82, 2.24) is 15.5 Å². The van der Waals surface area contributed by atoms with E-state index in [2.05, 4.69) is 64.1 Å². The highest BCUT2D eigenvalue weighted by Crippen LogP contribution is 2.51. The van der Waals surface area contributed by atoms with Crippen LogP contribution in [0.1, 0.15) is 44.1 Å². The fraction of sp³-hybridized carbons (Fsp3) is 0.520. The number of nitrogens with zero attached hydrogens (tertiary/aromatic N) is 2. The smallest absolute Gasteiger partial charge is 0.237 e. The number of nitriles is 1. The highest BCUT2D eigenvalue weighted by Gasteiger charge is 2.49. The molecule has 0 aromatic heterocycles. The maximum Gasteiger partial charge on any atom is 0.237 e. The van der Waals surface area contributed by atoms with Gasteiger partial charge >= 0.3 is 0 Å². The average Bonchev–Trinajstić information content (AvgIpc) is 2.84. The van der Waals surface area contributed by atoms with Crippen molar-refractivity contribution in [3.8, 4) is 6.07 Å². The zero-order valence-electron chi connectivity index (χ0n) is 18.1. The van der Waals surface area contributed by atoms with E-state index in [0.717, 1.165) is 58.3 Å². The molecule has 1 saturated carbocycles. The van der Waals surface area contributed by atoms with Crippen molar-refractivity contribution in [3.05, 3.63) is 54.1 Å². The predicted molar refractivity (Wildman–Crippen MR) is 127 cm³/mol. The molecule has 31 heavy (non-hydrogen) atoms. The quantitative estimate of drug-likeness (QED) is 0.666. The molecule has 0 spiro atoms. The molecule has 1 unspecified atom stereocenters. The van der Waals surface area contributed by atoms with Crippen LogP contribution in [0.2, 0.25) is 0 Å². The second-order valence-electron chi connectivity index (χ2n) is 8.64. The van der Waals surface area contributed by atoms with Crippen molar-refractivity contribution < 1.29 is 4.79 Å². The van der Waals surface area contributed by atoms with Crippen LogP contribution in [0, 0.1) is 11.3 Å². The Morgan fingerprint density at radius 2 is 1.90 bits per heavy atom. The summed E-state index contributed by atoms with van der Waals surface area (Å²) >= 11 is 1.84. The normalized spacial score (nSPS) is 26.0. The first-order valence-corrected chi connectivity index (χ1v) is 12.3. The highest BCUT2D eigenvalue weighted by atomic mass is 32.2. The van der Waals surface area contributed by atoms with Gasteiger partial charge < -0.3 is 10.6 Å². The molecule has 1 atom stereocenters. The molecular formula is C25H32N4OS. The molecule has 1 aromatic rings. The van der Waals surface area contributed by atoms with Crippen LogP contribution in [-0.4, -0.2) is 53.1 Å². The predicted octanol–water partition coefficient (Wildman–Crippen LogP) is 3.71. The van der Waals surface area contributed by atoms with Gasteiger partial charge in [-0.3, -0.25) is 9.69 Å².